The number of hydrogen-bond acceptors (Lipinski definition) is 6. The van der Waals surface area contributed by atoms with Crippen LogP contribution in [0.4, 0.5) is 0 Å². The van der Waals surface area contributed by atoms with Crippen molar-refractivity contribution >= 4 is 23.5 Å². The van der Waals surface area contributed by atoms with E-state index < -0.39 is 24.5 Å². The Hall–Kier alpha value is -3.72. The van der Waals surface area contributed by atoms with Crippen molar-refractivity contribution in [2.75, 3.05) is 26.9 Å². The first-order chi connectivity index (χ1) is 14.8. The van der Waals surface area contributed by atoms with Crippen molar-refractivity contribution in [1.29, 1.82) is 0 Å². The fourth-order valence-electron chi connectivity index (χ4n) is 2.60. The SMILES string of the molecule is COCCN=C(N)c1ccc(C(=O)NC(C)C(=O)c2ccc(OCC(=O)O)cc2)cc1. The van der Waals surface area contributed by atoms with Crippen LogP contribution in [0.2, 0.25) is 0 Å². The van der Waals surface area contributed by atoms with Crippen LogP contribution >= 0.6 is 0 Å². The summed E-state index contributed by atoms with van der Waals surface area (Å²) in [7, 11) is 1.58. The van der Waals surface area contributed by atoms with Crippen molar-refractivity contribution in [1.82, 2.24) is 5.32 Å². The number of carboxylic acid groups (broad SMARTS) is 1. The molecule has 164 valence electrons. The van der Waals surface area contributed by atoms with Crippen molar-refractivity contribution < 1.29 is 29.0 Å². The Morgan fingerprint density at radius 2 is 1.61 bits per heavy atom. The second-order valence-electron chi connectivity index (χ2n) is 6.60. The fourth-order valence-corrected chi connectivity index (χ4v) is 2.60. The smallest absolute Gasteiger partial charge is 0.341 e. The number of amides is 1. The van der Waals surface area contributed by atoms with Gasteiger partial charge in [0, 0.05) is 23.8 Å². The van der Waals surface area contributed by atoms with Crippen molar-refractivity contribution in [2.24, 2.45) is 10.7 Å². The minimum atomic E-state index is -1.09. The monoisotopic (exact) mass is 427 g/mol. The zero-order chi connectivity index (χ0) is 22.8. The van der Waals surface area contributed by atoms with E-state index in [1.54, 1.807) is 38.3 Å². The number of carbonyl (C=O) groups excluding carboxylic acids is 2. The molecular formula is C22H25N3O6. The number of amidine groups is 1. The summed E-state index contributed by atoms with van der Waals surface area (Å²) in [6.45, 7) is 2.02. The lowest BCUT2D eigenvalue weighted by Crippen LogP contribution is -2.38. The number of ether oxygens (including phenoxy) is 2. The zero-order valence-electron chi connectivity index (χ0n) is 17.3. The van der Waals surface area contributed by atoms with E-state index in [4.69, 9.17) is 20.3 Å². The second-order valence-corrected chi connectivity index (χ2v) is 6.60. The van der Waals surface area contributed by atoms with Crippen LogP contribution in [0.3, 0.4) is 0 Å². The highest BCUT2D eigenvalue weighted by molar-refractivity contribution is 6.04. The molecule has 0 bridgehead atoms. The van der Waals surface area contributed by atoms with Crippen molar-refractivity contribution in [3.63, 3.8) is 0 Å². The van der Waals surface area contributed by atoms with E-state index in [2.05, 4.69) is 10.3 Å². The number of carbonyl (C=O) groups is 3. The van der Waals surface area contributed by atoms with Crippen LogP contribution in [0, 0.1) is 0 Å². The third-order valence-corrected chi connectivity index (χ3v) is 4.26. The van der Waals surface area contributed by atoms with Gasteiger partial charge in [0.15, 0.2) is 12.4 Å². The van der Waals surface area contributed by atoms with Gasteiger partial charge >= 0.3 is 5.97 Å². The van der Waals surface area contributed by atoms with E-state index in [0.717, 1.165) is 0 Å². The minimum Gasteiger partial charge on any atom is -0.482 e. The van der Waals surface area contributed by atoms with Crippen LogP contribution in [0.5, 0.6) is 5.75 Å². The van der Waals surface area contributed by atoms with Crippen molar-refractivity contribution in [3.05, 3.63) is 65.2 Å². The van der Waals surface area contributed by atoms with Gasteiger partial charge in [0.05, 0.1) is 19.2 Å². The summed E-state index contributed by atoms with van der Waals surface area (Å²) in [6.07, 6.45) is 0. The van der Waals surface area contributed by atoms with Crippen LogP contribution < -0.4 is 15.8 Å². The summed E-state index contributed by atoms with van der Waals surface area (Å²) >= 11 is 0. The molecule has 1 atom stereocenters. The molecule has 0 aromatic heterocycles. The number of ketones is 1. The Bertz CT molecular complexity index is 939. The summed E-state index contributed by atoms with van der Waals surface area (Å²) in [4.78, 5) is 39.7. The molecule has 9 heteroatoms. The van der Waals surface area contributed by atoms with Gasteiger partial charge in [-0.25, -0.2) is 4.79 Å². The topological polar surface area (TPSA) is 140 Å². The quantitative estimate of drug-likeness (QED) is 0.214. The Balaban J connectivity index is 1.96. The number of nitrogens with two attached hydrogens (primary N) is 1. The molecule has 0 spiro atoms. The van der Waals surface area contributed by atoms with E-state index in [1.807, 2.05) is 0 Å². The van der Waals surface area contributed by atoms with E-state index >= 15 is 0 Å². The molecule has 1 unspecified atom stereocenters. The molecule has 2 rings (SSSR count). The second kappa shape index (κ2) is 11.5. The fraction of sp³-hybridized carbons (Fsp3) is 0.273. The number of nitrogens with one attached hydrogen (secondary N) is 1. The van der Waals surface area contributed by atoms with Gasteiger partial charge < -0.3 is 25.6 Å². The maximum absolute atomic E-state index is 12.6. The third-order valence-electron chi connectivity index (χ3n) is 4.26. The average Bonchev–Trinajstić information content (AvgIpc) is 2.77. The molecule has 2 aromatic carbocycles. The standard InChI is InChI=1S/C22H25N3O6/c1-14(20(28)15-7-9-18(10-8-15)31-13-19(26)27)25-22(29)17-5-3-16(4-6-17)21(23)24-11-12-30-2/h3-10,14H,11-13H2,1-2H3,(H2,23,24)(H,25,29)(H,26,27). The lowest BCUT2D eigenvalue weighted by atomic mass is 10.0. The lowest BCUT2D eigenvalue weighted by Gasteiger charge is -2.14. The van der Waals surface area contributed by atoms with Gasteiger partial charge in [0.1, 0.15) is 11.6 Å². The average molecular weight is 427 g/mol. The normalized spacial score (nSPS) is 12.1. The Morgan fingerprint density at radius 3 is 2.19 bits per heavy atom. The molecule has 2 aromatic rings. The Labute approximate surface area is 179 Å². The van der Waals surface area contributed by atoms with Crippen LogP contribution in [-0.2, 0) is 9.53 Å². The maximum atomic E-state index is 12.6. The molecule has 1 amide bonds. The van der Waals surface area contributed by atoms with Crippen molar-refractivity contribution in [3.8, 4) is 5.75 Å². The highest BCUT2D eigenvalue weighted by Gasteiger charge is 2.18. The number of hydrogen-bond donors (Lipinski definition) is 3. The minimum absolute atomic E-state index is 0.288. The summed E-state index contributed by atoms with van der Waals surface area (Å²) in [5.74, 6) is -1.09. The molecule has 4 N–H and O–H groups in total. The largest absolute Gasteiger partial charge is 0.482 e. The van der Waals surface area contributed by atoms with Gasteiger partial charge in [-0.15, -0.1) is 0 Å². The molecule has 0 aliphatic heterocycles. The molecular weight excluding hydrogens is 402 g/mol. The summed E-state index contributed by atoms with van der Waals surface area (Å²) < 4.78 is 9.96. The van der Waals surface area contributed by atoms with Gasteiger partial charge in [-0.3, -0.25) is 14.6 Å². The number of Topliss-reactive ketones (excluding diaryl/α,β-unsaturated/α-hetero) is 1. The molecule has 0 radical (unpaired) electrons. The summed E-state index contributed by atoms with van der Waals surface area (Å²) in [5.41, 5.74) is 7.33. The first-order valence-electron chi connectivity index (χ1n) is 9.51. The van der Waals surface area contributed by atoms with Crippen LogP contribution in [0.15, 0.2) is 53.5 Å². The summed E-state index contributed by atoms with van der Waals surface area (Å²) in [5, 5.41) is 11.3. The number of nitrogens with zero attached hydrogens (tertiary/aromatic N) is 1. The molecule has 31 heavy (non-hydrogen) atoms. The van der Waals surface area contributed by atoms with Crippen molar-refractivity contribution in [2.45, 2.75) is 13.0 Å². The number of methoxy groups -OCH3 is 1. The maximum Gasteiger partial charge on any atom is 0.341 e. The molecule has 0 fully saturated rings. The zero-order valence-corrected chi connectivity index (χ0v) is 17.3. The highest BCUT2D eigenvalue weighted by Crippen LogP contribution is 2.14. The van der Waals surface area contributed by atoms with E-state index in [9.17, 15) is 14.4 Å². The highest BCUT2D eigenvalue weighted by atomic mass is 16.5. The van der Waals surface area contributed by atoms with Crippen LogP contribution in [0.1, 0.15) is 33.2 Å². The molecule has 9 nitrogen and oxygen atoms in total. The number of benzene rings is 2. The predicted octanol–water partition coefficient (Wildman–Crippen LogP) is 1.50. The first kappa shape index (κ1) is 23.6. The van der Waals surface area contributed by atoms with Gasteiger partial charge in [-0.05, 0) is 43.3 Å². The van der Waals surface area contributed by atoms with Gasteiger partial charge in [-0.1, -0.05) is 12.1 Å². The van der Waals surface area contributed by atoms with E-state index in [1.165, 1.54) is 24.3 Å². The number of rotatable bonds is 11. The molecule has 0 aliphatic carbocycles. The summed E-state index contributed by atoms with van der Waals surface area (Å²) in [6, 6.07) is 11.9. The van der Waals surface area contributed by atoms with Gasteiger partial charge in [0.2, 0.25) is 0 Å². The third kappa shape index (κ3) is 7.23. The number of aliphatic carboxylic acids is 1. The van der Waals surface area contributed by atoms with Gasteiger partial charge in [-0.2, -0.15) is 0 Å². The number of aliphatic imine (C=N–C) groups is 1. The Kier molecular flexibility index (Phi) is 8.71. The number of carboxylic acids is 1. The first-order valence-corrected chi connectivity index (χ1v) is 9.51. The van der Waals surface area contributed by atoms with Crippen LogP contribution in [-0.4, -0.2) is 61.5 Å². The molecule has 0 saturated carbocycles. The van der Waals surface area contributed by atoms with Crippen LogP contribution in [0.25, 0.3) is 0 Å². The van der Waals surface area contributed by atoms with E-state index in [0.29, 0.717) is 41.4 Å². The molecule has 0 heterocycles. The Morgan fingerprint density at radius 1 is 1.03 bits per heavy atom. The predicted molar refractivity (Wildman–Crippen MR) is 115 cm³/mol. The molecule has 0 aliphatic rings. The lowest BCUT2D eigenvalue weighted by molar-refractivity contribution is -0.139. The molecule has 0 saturated heterocycles. The van der Waals surface area contributed by atoms with E-state index in [-0.39, 0.29) is 5.78 Å². The van der Waals surface area contributed by atoms with Gasteiger partial charge in [0.25, 0.3) is 5.91 Å².